The minimum absolute atomic E-state index is 0.213. The lowest BCUT2D eigenvalue weighted by Gasteiger charge is -2.32. The van der Waals surface area contributed by atoms with E-state index in [1.165, 1.54) is 0 Å². The number of carbonyl (C=O) groups excluding carboxylic acids is 3. The van der Waals surface area contributed by atoms with Gasteiger partial charge in [-0.1, -0.05) is 49.6 Å². The number of nitrogens with one attached hydrogen (secondary N) is 2. The van der Waals surface area contributed by atoms with Gasteiger partial charge in [-0.25, -0.2) is 4.79 Å². The maximum Gasteiger partial charge on any atom is 0.440 e. The van der Waals surface area contributed by atoms with Crippen molar-refractivity contribution in [3.8, 4) is 0 Å². The Morgan fingerprint density at radius 2 is 1.79 bits per heavy atom. The predicted molar refractivity (Wildman–Crippen MR) is 93.9 cm³/mol. The van der Waals surface area contributed by atoms with E-state index < -0.39 is 35.6 Å². The highest BCUT2D eigenvalue weighted by molar-refractivity contribution is 6.09. The van der Waals surface area contributed by atoms with Crippen LogP contribution in [0.2, 0.25) is 0 Å². The van der Waals surface area contributed by atoms with Crippen molar-refractivity contribution >= 4 is 17.8 Å². The van der Waals surface area contributed by atoms with E-state index in [1.807, 2.05) is 5.32 Å². The van der Waals surface area contributed by atoms with E-state index >= 15 is 0 Å². The van der Waals surface area contributed by atoms with Gasteiger partial charge in [-0.05, 0) is 24.8 Å². The number of amides is 4. The molecular weight excluding hydrogens is 375 g/mol. The average Bonchev–Trinajstić information content (AvgIpc) is 2.92. The third-order valence-electron chi connectivity index (χ3n) is 5.28. The Labute approximate surface area is 160 Å². The van der Waals surface area contributed by atoms with Gasteiger partial charge in [0.05, 0.1) is 0 Å². The second-order valence-electron chi connectivity index (χ2n) is 7.19. The molecular formula is C19H22F3N3O3. The van der Waals surface area contributed by atoms with Gasteiger partial charge in [0.1, 0.15) is 0 Å². The van der Waals surface area contributed by atoms with Crippen LogP contribution in [0.5, 0.6) is 0 Å². The van der Waals surface area contributed by atoms with Crippen LogP contribution in [0.1, 0.15) is 37.7 Å². The topological polar surface area (TPSA) is 78.5 Å². The SMILES string of the molecule is O=C(N[C@@]1(C(F)(F)F)NC(=O)N(CCc2ccccc2)C1=O)C1CCCCC1. The van der Waals surface area contributed by atoms with Crippen molar-refractivity contribution in [3.05, 3.63) is 35.9 Å². The lowest BCUT2D eigenvalue weighted by atomic mass is 9.88. The van der Waals surface area contributed by atoms with Crippen LogP contribution in [-0.2, 0) is 16.0 Å². The molecule has 1 saturated carbocycles. The predicted octanol–water partition coefficient (Wildman–Crippen LogP) is 2.74. The van der Waals surface area contributed by atoms with E-state index in [0.29, 0.717) is 17.7 Å². The molecule has 1 aromatic rings. The van der Waals surface area contributed by atoms with E-state index in [1.54, 1.807) is 35.6 Å². The molecule has 1 aliphatic heterocycles. The Morgan fingerprint density at radius 1 is 1.14 bits per heavy atom. The first-order valence-electron chi connectivity index (χ1n) is 9.31. The van der Waals surface area contributed by atoms with Crippen molar-refractivity contribution in [1.29, 1.82) is 0 Å². The van der Waals surface area contributed by atoms with E-state index in [9.17, 15) is 27.6 Å². The second-order valence-corrected chi connectivity index (χ2v) is 7.19. The van der Waals surface area contributed by atoms with E-state index in [-0.39, 0.29) is 13.0 Å². The number of rotatable bonds is 5. The van der Waals surface area contributed by atoms with Crippen LogP contribution in [0.3, 0.4) is 0 Å². The van der Waals surface area contributed by atoms with Crippen molar-refractivity contribution in [1.82, 2.24) is 15.5 Å². The number of nitrogens with zero attached hydrogens (tertiary/aromatic N) is 1. The highest BCUT2D eigenvalue weighted by Crippen LogP contribution is 2.35. The summed E-state index contributed by atoms with van der Waals surface area (Å²) < 4.78 is 41.5. The van der Waals surface area contributed by atoms with Gasteiger partial charge < -0.3 is 5.32 Å². The molecule has 0 bridgehead atoms. The highest BCUT2D eigenvalue weighted by atomic mass is 19.4. The minimum Gasteiger partial charge on any atom is -0.318 e. The number of alkyl halides is 3. The molecule has 2 N–H and O–H groups in total. The number of halogens is 3. The zero-order valence-corrected chi connectivity index (χ0v) is 15.2. The fraction of sp³-hybridized carbons (Fsp3) is 0.526. The first-order chi connectivity index (χ1) is 13.2. The molecule has 2 fully saturated rings. The van der Waals surface area contributed by atoms with Gasteiger partial charge in [0, 0.05) is 12.5 Å². The van der Waals surface area contributed by atoms with Gasteiger partial charge in [-0.15, -0.1) is 0 Å². The quantitative estimate of drug-likeness (QED) is 0.750. The first-order valence-corrected chi connectivity index (χ1v) is 9.31. The molecule has 4 amide bonds. The van der Waals surface area contributed by atoms with Gasteiger partial charge in [0.2, 0.25) is 5.91 Å². The lowest BCUT2D eigenvalue weighted by molar-refractivity contribution is -0.204. The highest BCUT2D eigenvalue weighted by Gasteiger charge is 2.68. The molecule has 0 spiro atoms. The molecule has 152 valence electrons. The Balaban J connectivity index is 1.77. The lowest BCUT2D eigenvalue weighted by Crippen LogP contribution is -2.70. The summed E-state index contributed by atoms with van der Waals surface area (Å²) in [6.07, 6.45) is -1.58. The summed E-state index contributed by atoms with van der Waals surface area (Å²) in [5.41, 5.74) is -2.63. The van der Waals surface area contributed by atoms with Gasteiger partial charge in [0.15, 0.2) is 0 Å². The zero-order chi connectivity index (χ0) is 20.4. The first kappa shape index (κ1) is 20.2. The van der Waals surface area contributed by atoms with Crippen molar-refractivity contribution in [2.24, 2.45) is 5.92 Å². The number of imide groups is 1. The molecule has 28 heavy (non-hydrogen) atoms. The molecule has 1 aromatic carbocycles. The molecule has 3 rings (SSSR count). The monoisotopic (exact) mass is 397 g/mol. The largest absolute Gasteiger partial charge is 0.440 e. The van der Waals surface area contributed by atoms with Crippen LogP contribution in [0.25, 0.3) is 0 Å². The number of carbonyl (C=O) groups is 3. The summed E-state index contributed by atoms with van der Waals surface area (Å²) >= 11 is 0. The van der Waals surface area contributed by atoms with Gasteiger partial charge in [-0.3, -0.25) is 19.8 Å². The summed E-state index contributed by atoms with van der Waals surface area (Å²) in [6.45, 7) is -0.216. The molecule has 1 aliphatic carbocycles. The van der Waals surface area contributed by atoms with Crippen molar-refractivity contribution in [2.75, 3.05) is 6.54 Å². The van der Waals surface area contributed by atoms with E-state index in [2.05, 4.69) is 0 Å². The van der Waals surface area contributed by atoms with Gasteiger partial charge in [-0.2, -0.15) is 13.2 Å². The van der Waals surface area contributed by atoms with E-state index in [0.717, 1.165) is 24.8 Å². The molecule has 6 nitrogen and oxygen atoms in total. The standard InChI is InChI=1S/C19H22F3N3O3/c20-19(21,22)18(23-15(26)14-9-5-2-6-10-14)16(27)25(17(28)24-18)12-11-13-7-3-1-4-8-13/h1,3-4,7-8,14H,2,5-6,9-12H2,(H,23,26)(H,24,28)/t18-/m1/s1. The number of urea groups is 1. The summed E-state index contributed by atoms with van der Waals surface area (Å²) in [6, 6.07) is 7.63. The Morgan fingerprint density at radius 3 is 2.39 bits per heavy atom. The normalized spacial score (nSPS) is 23.6. The maximum absolute atomic E-state index is 13.8. The van der Waals surface area contributed by atoms with Crippen LogP contribution in [0, 0.1) is 5.92 Å². The van der Waals surface area contributed by atoms with Crippen molar-refractivity contribution < 1.29 is 27.6 Å². The van der Waals surface area contributed by atoms with Crippen LogP contribution < -0.4 is 10.6 Å². The summed E-state index contributed by atoms with van der Waals surface area (Å²) in [5.74, 6) is -2.93. The van der Waals surface area contributed by atoms with Crippen molar-refractivity contribution in [3.63, 3.8) is 0 Å². The van der Waals surface area contributed by atoms with E-state index in [4.69, 9.17) is 0 Å². The van der Waals surface area contributed by atoms with Crippen LogP contribution in [-0.4, -0.2) is 41.1 Å². The molecule has 0 radical (unpaired) electrons. The smallest absolute Gasteiger partial charge is 0.318 e. The third kappa shape index (κ3) is 3.83. The molecule has 0 unspecified atom stereocenters. The van der Waals surface area contributed by atoms with Gasteiger partial charge in [0.25, 0.3) is 11.6 Å². The summed E-state index contributed by atoms with van der Waals surface area (Å²) in [4.78, 5) is 37.7. The summed E-state index contributed by atoms with van der Waals surface area (Å²) in [7, 11) is 0. The average molecular weight is 397 g/mol. The molecule has 0 aromatic heterocycles. The van der Waals surface area contributed by atoms with Crippen molar-refractivity contribution in [2.45, 2.75) is 50.4 Å². The molecule has 1 heterocycles. The molecule has 1 saturated heterocycles. The van der Waals surface area contributed by atoms with Crippen LogP contribution in [0.4, 0.5) is 18.0 Å². The van der Waals surface area contributed by atoms with Crippen LogP contribution >= 0.6 is 0 Å². The molecule has 2 aliphatic rings. The fourth-order valence-corrected chi connectivity index (χ4v) is 3.66. The van der Waals surface area contributed by atoms with Crippen LogP contribution in [0.15, 0.2) is 30.3 Å². The second kappa shape index (κ2) is 7.81. The minimum atomic E-state index is -5.16. The molecule has 9 heteroatoms. The fourth-order valence-electron chi connectivity index (χ4n) is 3.66. The Hall–Kier alpha value is -2.58. The number of hydrogen-bond acceptors (Lipinski definition) is 3. The Kier molecular flexibility index (Phi) is 5.62. The third-order valence-corrected chi connectivity index (χ3v) is 5.28. The summed E-state index contributed by atoms with van der Waals surface area (Å²) in [5, 5.41) is 3.52. The zero-order valence-electron chi connectivity index (χ0n) is 15.2. The van der Waals surface area contributed by atoms with Gasteiger partial charge >= 0.3 is 12.2 Å². The maximum atomic E-state index is 13.8. The number of benzene rings is 1. The number of hydrogen-bond donors (Lipinski definition) is 2. The molecule has 1 atom stereocenters. The Bertz CT molecular complexity index is 748.